The molecule has 5 heteroatoms. The molecule has 0 saturated carbocycles. The second-order valence-corrected chi connectivity index (χ2v) is 6.45. The van der Waals surface area contributed by atoms with E-state index in [1.807, 2.05) is 49.4 Å². The van der Waals surface area contributed by atoms with Crippen molar-refractivity contribution in [2.75, 3.05) is 17.2 Å². The number of nitrogen functional groups attached to an aromatic ring is 1. The summed E-state index contributed by atoms with van der Waals surface area (Å²) in [7, 11) is 0. The molecule has 1 amide bonds. The van der Waals surface area contributed by atoms with Crippen molar-refractivity contribution in [2.45, 2.75) is 13.3 Å². The normalized spacial score (nSPS) is 10.4. The largest absolute Gasteiger partial charge is 0.399 e. The lowest BCUT2D eigenvalue weighted by atomic mass is 10.1. The van der Waals surface area contributed by atoms with E-state index < -0.39 is 0 Å². The number of carbonyl (C=O) groups is 1. The zero-order valence-corrected chi connectivity index (χ0v) is 14.8. The Morgan fingerprint density at radius 3 is 2.57 bits per heavy atom. The Balaban J connectivity index is 2.40. The van der Waals surface area contributed by atoms with Crippen molar-refractivity contribution >= 4 is 49.1 Å². The average molecular weight is 412 g/mol. The fraction of sp³-hybridized carbons (Fsp3) is 0.188. The van der Waals surface area contributed by atoms with Crippen LogP contribution in [0.15, 0.2) is 51.4 Å². The predicted molar refractivity (Wildman–Crippen MR) is 94.7 cm³/mol. The van der Waals surface area contributed by atoms with E-state index in [9.17, 15) is 4.79 Å². The third kappa shape index (κ3) is 3.86. The van der Waals surface area contributed by atoms with Gasteiger partial charge in [0.05, 0.1) is 5.56 Å². The summed E-state index contributed by atoms with van der Waals surface area (Å²) in [6.07, 6.45) is 0.870. The first-order valence-electron chi connectivity index (χ1n) is 6.65. The second-order valence-electron chi connectivity index (χ2n) is 4.68. The van der Waals surface area contributed by atoms with Gasteiger partial charge in [0.2, 0.25) is 0 Å². The molecule has 0 saturated heterocycles. The molecule has 0 bridgehead atoms. The van der Waals surface area contributed by atoms with E-state index in [1.165, 1.54) is 0 Å². The standard InChI is InChI=1S/C16H16Br2N2O/c1-2-8-20(13-5-3-4-12(19)10-13)16(21)14-7-6-11(17)9-15(14)18/h3-7,9-10H,2,8,19H2,1H3. The van der Waals surface area contributed by atoms with E-state index in [0.717, 1.165) is 21.1 Å². The summed E-state index contributed by atoms with van der Waals surface area (Å²) < 4.78 is 1.70. The van der Waals surface area contributed by atoms with Crippen LogP contribution in [0, 0.1) is 0 Å². The van der Waals surface area contributed by atoms with Gasteiger partial charge < -0.3 is 10.6 Å². The molecule has 0 aliphatic heterocycles. The van der Waals surface area contributed by atoms with Crippen molar-refractivity contribution in [1.29, 1.82) is 0 Å². The Morgan fingerprint density at radius 2 is 1.95 bits per heavy atom. The van der Waals surface area contributed by atoms with Gasteiger partial charge in [-0.3, -0.25) is 4.79 Å². The van der Waals surface area contributed by atoms with Gasteiger partial charge in [0.1, 0.15) is 0 Å². The zero-order valence-electron chi connectivity index (χ0n) is 11.6. The highest BCUT2D eigenvalue weighted by Gasteiger charge is 2.19. The number of hydrogen-bond acceptors (Lipinski definition) is 2. The van der Waals surface area contributed by atoms with Gasteiger partial charge >= 0.3 is 0 Å². The SMILES string of the molecule is CCCN(C(=O)c1ccc(Br)cc1Br)c1cccc(N)c1. The van der Waals surface area contributed by atoms with Crippen LogP contribution in [-0.2, 0) is 0 Å². The average Bonchev–Trinajstić information content (AvgIpc) is 2.44. The third-order valence-electron chi connectivity index (χ3n) is 3.04. The van der Waals surface area contributed by atoms with E-state index in [4.69, 9.17) is 5.73 Å². The molecular weight excluding hydrogens is 396 g/mol. The lowest BCUT2D eigenvalue weighted by molar-refractivity contribution is 0.0986. The van der Waals surface area contributed by atoms with Crippen molar-refractivity contribution in [3.63, 3.8) is 0 Å². The lowest BCUT2D eigenvalue weighted by Gasteiger charge is -2.23. The van der Waals surface area contributed by atoms with Crippen LogP contribution >= 0.6 is 31.9 Å². The van der Waals surface area contributed by atoms with Crippen LogP contribution in [0.4, 0.5) is 11.4 Å². The van der Waals surface area contributed by atoms with Crippen LogP contribution in [0.5, 0.6) is 0 Å². The summed E-state index contributed by atoms with van der Waals surface area (Å²) in [5.41, 5.74) is 7.93. The monoisotopic (exact) mass is 410 g/mol. The third-order valence-corrected chi connectivity index (χ3v) is 4.19. The van der Waals surface area contributed by atoms with Gasteiger partial charge in [-0.15, -0.1) is 0 Å². The van der Waals surface area contributed by atoms with Gasteiger partial charge in [-0.25, -0.2) is 0 Å². The van der Waals surface area contributed by atoms with Crippen molar-refractivity contribution in [3.8, 4) is 0 Å². The number of hydrogen-bond donors (Lipinski definition) is 1. The van der Waals surface area contributed by atoms with E-state index in [1.54, 1.807) is 4.90 Å². The Bertz CT molecular complexity index is 658. The molecule has 0 spiro atoms. The zero-order chi connectivity index (χ0) is 15.4. The van der Waals surface area contributed by atoms with Crippen LogP contribution in [0.25, 0.3) is 0 Å². The van der Waals surface area contributed by atoms with Crippen molar-refractivity contribution in [1.82, 2.24) is 0 Å². The fourth-order valence-corrected chi connectivity index (χ4v) is 3.29. The maximum absolute atomic E-state index is 12.8. The summed E-state index contributed by atoms with van der Waals surface area (Å²) in [6, 6.07) is 12.9. The van der Waals surface area contributed by atoms with Crippen molar-refractivity contribution in [2.24, 2.45) is 0 Å². The van der Waals surface area contributed by atoms with Crippen LogP contribution in [-0.4, -0.2) is 12.5 Å². The van der Waals surface area contributed by atoms with Gasteiger partial charge in [0.25, 0.3) is 5.91 Å². The van der Waals surface area contributed by atoms with Crippen LogP contribution in [0.2, 0.25) is 0 Å². The van der Waals surface area contributed by atoms with E-state index in [2.05, 4.69) is 31.9 Å². The molecule has 0 heterocycles. The lowest BCUT2D eigenvalue weighted by Crippen LogP contribution is -2.32. The summed E-state index contributed by atoms with van der Waals surface area (Å²) in [6.45, 7) is 2.69. The summed E-state index contributed by atoms with van der Waals surface area (Å²) in [5, 5.41) is 0. The number of amides is 1. The molecule has 0 aromatic heterocycles. The molecule has 2 rings (SSSR count). The Hall–Kier alpha value is -1.33. The van der Waals surface area contributed by atoms with Crippen molar-refractivity contribution in [3.05, 3.63) is 57.0 Å². The molecule has 0 unspecified atom stereocenters. The molecule has 0 fully saturated rings. The molecule has 2 aromatic carbocycles. The summed E-state index contributed by atoms with van der Waals surface area (Å²) >= 11 is 6.85. The highest BCUT2D eigenvalue weighted by molar-refractivity contribution is 9.11. The molecule has 3 nitrogen and oxygen atoms in total. The Morgan fingerprint density at radius 1 is 1.19 bits per heavy atom. The topological polar surface area (TPSA) is 46.3 Å². The van der Waals surface area contributed by atoms with Gasteiger partial charge in [-0.2, -0.15) is 0 Å². The maximum atomic E-state index is 12.8. The molecule has 0 aliphatic carbocycles. The number of benzene rings is 2. The number of nitrogens with two attached hydrogens (primary N) is 1. The number of anilines is 2. The first-order chi connectivity index (χ1) is 10.0. The number of nitrogens with zero attached hydrogens (tertiary/aromatic N) is 1. The van der Waals surface area contributed by atoms with Gasteiger partial charge in [0.15, 0.2) is 0 Å². The first-order valence-corrected chi connectivity index (χ1v) is 8.24. The van der Waals surface area contributed by atoms with Crippen LogP contribution in [0.1, 0.15) is 23.7 Å². The Labute approximate surface area is 141 Å². The van der Waals surface area contributed by atoms with E-state index in [-0.39, 0.29) is 5.91 Å². The molecule has 2 aromatic rings. The molecular formula is C16H16Br2N2O. The number of carbonyl (C=O) groups excluding carboxylic acids is 1. The minimum Gasteiger partial charge on any atom is -0.399 e. The van der Waals surface area contributed by atoms with Gasteiger partial charge in [-0.05, 0) is 58.7 Å². The summed E-state index contributed by atoms with van der Waals surface area (Å²) in [4.78, 5) is 14.6. The molecule has 110 valence electrons. The highest BCUT2D eigenvalue weighted by atomic mass is 79.9. The molecule has 0 atom stereocenters. The number of halogens is 2. The van der Waals surface area contributed by atoms with Gasteiger partial charge in [0, 0.05) is 26.9 Å². The summed E-state index contributed by atoms with van der Waals surface area (Å²) in [5.74, 6) is -0.0400. The second kappa shape index (κ2) is 7.09. The smallest absolute Gasteiger partial charge is 0.259 e. The van der Waals surface area contributed by atoms with E-state index >= 15 is 0 Å². The predicted octanol–water partition coefficient (Wildman–Crippen LogP) is 4.85. The van der Waals surface area contributed by atoms with Crippen LogP contribution < -0.4 is 10.6 Å². The first kappa shape index (κ1) is 16.0. The highest BCUT2D eigenvalue weighted by Crippen LogP contribution is 2.26. The number of rotatable bonds is 4. The van der Waals surface area contributed by atoms with Crippen LogP contribution in [0.3, 0.4) is 0 Å². The fourth-order valence-electron chi connectivity index (χ4n) is 2.07. The molecule has 21 heavy (non-hydrogen) atoms. The Kier molecular flexibility index (Phi) is 5.42. The maximum Gasteiger partial charge on any atom is 0.259 e. The van der Waals surface area contributed by atoms with E-state index in [0.29, 0.717) is 17.8 Å². The molecule has 2 N–H and O–H groups in total. The molecule has 0 aliphatic rings. The quantitative estimate of drug-likeness (QED) is 0.730. The van der Waals surface area contributed by atoms with Gasteiger partial charge in [-0.1, -0.05) is 28.9 Å². The molecule has 0 radical (unpaired) electrons. The minimum atomic E-state index is -0.0400. The van der Waals surface area contributed by atoms with Crippen molar-refractivity contribution < 1.29 is 4.79 Å². The minimum absolute atomic E-state index is 0.0400.